The van der Waals surface area contributed by atoms with Crippen molar-refractivity contribution in [3.8, 4) is 17.3 Å². The van der Waals surface area contributed by atoms with Crippen LogP contribution in [0.4, 0.5) is 5.69 Å². The summed E-state index contributed by atoms with van der Waals surface area (Å²) in [5.74, 6) is 1.79. The molecule has 4 aromatic rings. The van der Waals surface area contributed by atoms with Crippen LogP contribution in [0.3, 0.4) is 0 Å². The zero-order chi connectivity index (χ0) is 21.5. The number of benzene rings is 2. The normalized spacial score (nSPS) is 13.5. The Balaban J connectivity index is 1.61. The predicted molar refractivity (Wildman–Crippen MR) is 123 cm³/mol. The molecule has 0 atom stereocenters. The van der Waals surface area contributed by atoms with Gasteiger partial charge in [0, 0.05) is 32.1 Å². The number of anilines is 1. The van der Waals surface area contributed by atoms with Gasteiger partial charge in [0.15, 0.2) is 5.82 Å². The maximum absolute atomic E-state index is 8.93. The molecular weight excluding hydrogens is 392 g/mol. The van der Waals surface area contributed by atoms with Crippen molar-refractivity contribution in [1.29, 1.82) is 0 Å². The monoisotopic (exact) mass is 420 g/mol. The molecule has 0 unspecified atom stereocenters. The van der Waals surface area contributed by atoms with Gasteiger partial charge in [-0.25, -0.2) is 4.98 Å². The number of hydrogen-bond donors (Lipinski definition) is 1. The Morgan fingerprint density at radius 3 is 2.77 bits per heavy atom. The topological polar surface area (TPSA) is 64.7 Å². The first kappa shape index (κ1) is 19.9. The lowest BCUT2D eigenvalue weighted by atomic mass is 10.2. The molecule has 1 aliphatic rings. The molecule has 7 heteroatoms. The van der Waals surface area contributed by atoms with Gasteiger partial charge >= 0.3 is 0 Å². The number of fused-ring (bicyclic) bond motifs is 1. The summed E-state index contributed by atoms with van der Waals surface area (Å²) in [4.78, 5) is 7.37. The third-order valence-electron chi connectivity index (χ3n) is 6.10. The quantitative estimate of drug-likeness (QED) is 0.465. The number of para-hydroxylation sites is 1. The Hall–Kier alpha value is -3.03. The second-order valence-electron chi connectivity index (χ2n) is 8.05. The number of aliphatic hydroxyl groups excluding tert-OH is 1. The third kappa shape index (κ3) is 3.25. The van der Waals surface area contributed by atoms with Crippen molar-refractivity contribution in [2.45, 2.75) is 13.5 Å². The molecule has 2 aromatic heterocycles. The van der Waals surface area contributed by atoms with Crippen molar-refractivity contribution in [2.24, 2.45) is 7.05 Å². The second-order valence-corrected chi connectivity index (χ2v) is 8.05. The van der Waals surface area contributed by atoms with Crippen LogP contribution in [0.15, 0.2) is 36.4 Å². The molecule has 0 bridgehead atoms. The SMILES string of the molecule is COc1cc(C)cc2nc(-c3cc4cccc5c4n3CCN5CCOCCO)n(C)c12. The van der Waals surface area contributed by atoms with E-state index in [-0.39, 0.29) is 6.61 Å². The largest absolute Gasteiger partial charge is 0.494 e. The van der Waals surface area contributed by atoms with E-state index in [1.165, 1.54) is 16.6 Å². The number of methoxy groups -OCH3 is 1. The average Bonchev–Trinajstić information content (AvgIpc) is 3.30. The molecule has 5 rings (SSSR count). The van der Waals surface area contributed by atoms with Crippen LogP contribution < -0.4 is 9.64 Å². The van der Waals surface area contributed by atoms with Gasteiger partial charge in [0.2, 0.25) is 0 Å². The van der Waals surface area contributed by atoms with Crippen molar-refractivity contribution in [3.05, 3.63) is 42.0 Å². The fourth-order valence-electron chi connectivity index (χ4n) is 4.72. The Labute approximate surface area is 181 Å². The summed E-state index contributed by atoms with van der Waals surface area (Å²) in [6.07, 6.45) is 0. The van der Waals surface area contributed by atoms with Crippen molar-refractivity contribution < 1.29 is 14.6 Å². The molecule has 162 valence electrons. The number of hydrogen-bond acceptors (Lipinski definition) is 5. The molecule has 31 heavy (non-hydrogen) atoms. The molecular formula is C24H28N4O3. The van der Waals surface area contributed by atoms with Crippen molar-refractivity contribution >= 4 is 27.6 Å². The molecule has 3 heterocycles. The summed E-state index contributed by atoms with van der Waals surface area (Å²) < 4.78 is 15.7. The number of aliphatic hydroxyl groups is 1. The van der Waals surface area contributed by atoms with Gasteiger partial charge < -0.3 is 28.6 Å². The standard InChI is InChI=1S/C24H28N4O3/c1-16-13-18-23(21(14-16)30-3)26(2)24(25-18)20-15-17-5-4-6-19-22(17)28(20)8-7-27(19)9-11-31-12-10-29/h4-6,13-15,29H,7-12H2,1-3H3. The first-order valence-electron chi connectivity index (χ1n) is 10.7. The minimum Gasteiger partial charge on any atom is -0.494 e. The van der Waals surface area contributed by atoms with Crippen LogP contribution in [0.2, 0.25) is 0 Å². The first-order chi connectivity index (χ1) is 15.1. The molecule has 2 aromatic carbocycles. The third-order valence-corrected chi connectivity index (χ3v) is 6.10. The fourth-order valence-corrected chi connectivity index (χ4v) is 4.72. The highest BCUT2D eigenvalue weighted by Crippen LogP contribution is 2.38. The maximum Gasteiger partial charge on any atom is 0.157 e. The molecule has 1 aliphatic heterocycles. The number of aromatic nitrogens is 3. The number of nitrogens with zero attached hydrogens (tertiary/aromatic N) is 4. The Morgan fingerprint density at radius 1 is 1.10 bits per heavy atom. The van der Waals surface area contributed by atoms with Gasteiger partial charge in [0.25, 0.3) is 0 Å². The summed E-state index contributed by atoms with van der Waals surface area (Å²) in [6, 6.07) is 12.9. The lowest BCUT2D eigenvalue weighted by Crippen LogP contribution is -2.34. The Bertz CT molecular complexity index is 1260. The zero-order valence-electron chi connectivity index (χ0n) is 18.3. The molecule has 0 spiro atoms. The van der Waals surface area contributed by atoms with Crippen LogP contribution in [-0.4, -0.2) is 59.2 Å². The molecule has 7 nitrogen and oxygen atoms in total. The Kier molecular flexibility index (Phi) is 5.08. The van der Waals surface area contributed by atoms with E-state index in [0.29, 0.717) is 13.2 Å². The van der Waals surface area contributed by atoms with E-state index in [1.54, 1.807) is 7.11 Å². The number of rotatable bonds is 7. The summed E-state index contributed by atoms with van der Waals surface area (Å²) in [7, 11) is 3.77. The second kappa shape index (κ2) is 7.90. The summed E-state index contributed by atoms with van der Waals surface area (Å²) in [5, 5.41) is 10.1. The molecule has 0 saturated heterocycles. The number of aryl methyl sites for hydroxylation is 2. The Morgan fingerprint density at radius 2 is 1.97 bits per heavy atom. The number of imidazole rings is 1. The van der Waals surface area contributed by atoms with Gasteiger partial charge in [-0.1, -0.05) is 12.1 Å². The van der Waals surface area contributed by atoms with Crippen LogP contribution >= 0.6 is 0 Å². The van der Waals surface area contributed by atoms with E-state index >= 15 is 0 Å². The van der Waals surface area contributed by atoms with E-state index in [9.17, 15) is 0 Å². The zero-order valence-corrected chi connectivity index (χ0v) is 18.3. The van der Waals surface area contributed by atoms with Crippen molar-refractivity contribution in [3.63, 3.8) is 0 Å². The molecule has 0 saturated carbocycles. The van der Waals surface area contributed by atoms with E-state index in [0.717, 1.165) is 53.5 Å². The van der Waals surface area contributed by atoms with Gasteiger partial charge in [-0.2, -0.15) is 0 Å². The maximum atomic E-state index is 8.93. The molecule has 0 amide bonds. The molecule has 0 radical (unpaired) electrons. The predicted octanol–water partition coefficient (Wildman–Crippen LogP) is 3.34. The summed E-state index contributed by atoms with van der Waals surface area (Å²) in [5.41, 5.74) is 6.68. The van der Waals surface area contributed by atoms with E-state index in [2.05, 4.69) is 64.4 Å². The highest BCUT2D eigenvalue weighted by molar-refractivity contribution is 5.97. The molecule has 1 N–H and O–H groups in total. The lowest BCUT2D eigenvalue weighted by Gasteiger charge is -2.31. The highest BCUT2D eigenvalue weighted by Gasteiger charge is 2.24. The summed E-state index contributed by atoms with van der Waals surface area (Å²) >= 11 is 0. The van der Waals surface area contributed by atoms with Gasteiger partial charge in [0.1, 0.15) is 11.3 Å². The van der Waals surface area contributed by atoms with Gasteiger partial charge in [-0.15, -0.1) is 0 Å². The van der Waals surface area contributed by atoms with E-state index in [1.807, 2.05) is 0 Å². The fraction of sp³-hybridized carbons (Fsp3) is 0.375. The summed E-state index contributed by atoms with van der Waals surface area (Å²) in [6.45, 7) is 5.71. The molecule has 0 aliphatic carbocycles. The average molecular weight is 421 g/mol. The van der Waals surface area contributed by atoms with Crippen LogP contribution in [0, 0.1) is 6.92 Å². The van der Waals surface area contributed by atoms with Gasteiger partial charge in [-0.3, -0.25) is 0 Å². The highest BCUT2D eigenvalue weighted by atomic mass is 16.5. The smallest absolute Gasteiger partial charge is 0.157 e. The van der Waals surface area contributed by atoms with Crippen LogP contribution in [0.25, 0.3) is 33.5 Å². The van der Waals surface area contributed by atoms with Gasteiger partial charge in [0.05, 0.1) is 49.3 Å². The van der Waals surface area contributed by atoms with Crippen LogP contribution in [0.5, 0.6) is 5.75 Å². The van der Waals surface area contributed by atoms with Crippen molar-refractivity contribution in [2.75, 3.05) is 44.9 Å². The minimum atomic E-state index is 0.0596. The first-order valence-corrected chi connectivity index (χ1v) is 10.7. The molecule has 0 fully saturated rings. The lowest BCUT2D eigenvalue weighted by molar-refractivity contribution is 0.0965. The minimum absolute atomic E-state index is 0.0596. The van der Waals surface area contributed by atoms with Gasteiger partial charge in [-0.05, 0) is 36.8 Å². The van der Waals surface area contributed by atoms with Crippen molar-refractivity contribution in [1.82, 2.24) is 14.1 Å². The van der Waals surface area contributed by atoms with E-state index in [4.69, 9.17) is 19.6 Å². The number of ether oxygens (including phenoxy) is 2. The van der Waals surface area contributed by atoms with Crippen LogP contribution in [0.1, 0.15) is 5.56 Å². The van der Waals surface area contributed by atoms with Crippen LogP contribution in [-0.2, 0) is 18.3 Å². The van der Waals surface area contributed by atoms with E-state index < -0.39 is 0 Å².